The van der Waals surface area contributed by atoms with E-state index in [9.17, 15) is 32.3 Å². The Morgan fingerprint density at radius 2 is 1.94 bits per heavy atom. The number of rotatable bonds is 5. The SMILES string of the molecule is C[C@@H](OC(=O)CN1C(=O)NC2(CCCC2)C1=O)C(=O)Nc1cc(C(F)(F)F)ccc1Cl. The number of halogens is 4. The molecule has 1 saturated heterocycles. The molecule has 12 heteroatoms. The molecule has 2 fully saturated rings. The first kappa shape index (κ1) is 22.9. The number of amides is 4. The lowest BCUT2D eigenvalue weighted by Gasteiger charge is -2.20. The number of carbonyl (C=O) groups is 4. The van der Waals surface area contributed by atoms with Crippen LogP contribution in [0.15, 0.2) is 18.2 Å². The number of anilines is 1. The Morgan fingerprint density at radius 3 is 2.55 bits per heavy atom. The summed E-state index contributed by atoms with van der Waals surface area (Å²) in [6.07, 6.45) is -3.53. The number of nitrogens with one attached hydrogen (secondary N) is 2. The number of ether oxygens (including phenoxy) is 1. The molecule has 168 valence electrons. The molecule has 1 aromatic rings. The van der Waals surface area contributed by atoms with Crippen LogP contribution in [0.25, 0.3) is 0 Å². The van der Waals surface area contributed by atoms with Crippen molar-refractivity contribution in [3.05, 3.63) is 28.8 Å². The molecular weight excluding hydrogens is 443 g/mol. The van der Waals surface area contributed by atoms with Gasteiger partial charge in [0.2, 0.25) is 0 Å². The highest BCUT2D eigenvalue weighted by Crippen LogP contribution is 2.35. The van der Waals surface area contributed by atoms with Crippen LogP contribution >= 0.6 is 11.6 Å². The topological polar surface area (TPSA) is 105 Å². The highest BCUT2D eigenvalue weighted by atomic mass is 35.5. The first-order valence-electron chi connectivity index (χ1n) is 9.44. The number of hydrogen-bond acceptors (Lipinski definition) is 5. The van der Waals surface area contributed by atoms with E-state index in [0.717, 1.165) is 29.9 Å². The number of esters is 1. The summed E-state index contributed by atoms with van der Waals surface area (Å²) >= 11 is 5.83. The lowest BCUT2D eigenvalue weighted by atomic mass is 9.98. The fraction of sp³-hybridized carbons (Fsp3) is 0.474. The van der Waals surface area contributed by atoms with E-state index < -0.39 is 53.7 Å². The second kappa shape index (κ2) is 8.37. The molecule has 1 heterocycles. The van der Waals surface area contributed by atoms with E-state index >= 15 is 0 Å². The van der Waals surface area contributed by atoms with Gasteiger partial charge in [-0.15, -0.1) is 0 Å². The van der Waals surface area contributed by atoms with Crippen LogP contribution in [-0.2, 0) is 25.3 Å². The molecule has 4 amide bonds. The Bertz CT molecular complexity index is 931. The van der Waals surface area contributed by atoms with Gasteiger partial charge in [0.15, 0.2) is 6.10 Å². The molecule has 0 unspecified atom stereocenters. The summed E-state index contributed by atoms with van der Waals surface area (Å²) in [5, 5.41) is 4.64. The van der Waals surface area contributed by atoms with Crippen molar-refractivity contribution < 1.29 is 37.1 Å². The molecule has 3 rings (SSSR count). The standard InChI is InChI=1S/C19H19ClF3N3O5/c1-10(15(28)24-13-8-11(19(21,22)23)4-5-12(13)20)31-14(27)9-26-16(29)18(25-17(26)30)6-2-3-7-18/h4-5,8,10H,2-3,6-7,9H2,1H3,(H,24,28)(H,25,30)/t10-/m1/s1. The third kappa shape index (κ3) is 4.76. The zero-order valence-electron chi connectivity index (χ0n) is 16.3. The second-order valence-corrected chi connectivity index (χ2v) is 7.83. The van der Waals surface area contributed by atoms with E-state index in [4.69, 9.17) is 16.3 Å². The maximum Gasteiger partial charge on any atom is 0.416 e. The molecule has 0 aromatic heterocycles. The Kier molecular flexibility index (Phi) is 6.17. The van der Waals surface area contributed by atoms with E-state index in [1.807, 2.05) is 0 Å². The van der Waals surface area contributed by atoms with E-state index in [2.05, 4.69) is 10.6 Å². The van der Waals surface area contributed by atoms with Crippen molar-refractivity contribution in [2.45, 2.75) is 50.4 Å². The number of carbonyl (C=O) groups excluding carboxylic acids is 4. The number of imide groups is 1. The monoisotopic (exact) mass is 461 g/mol. The number of hydrogen-bond donors (Lipinski definition) is 2. The molecule has 2 N–H and O–H groups in total. The largest absolute Gasteiger partial charge is 0.451 e. The van der Waals surface area contributed by atoms with Gasteiger partial charge in [0, 0.05) is 0 Å². The van der Waals surface area contributed by atoms with Crippen LogP contribution < -0.4 is 10.6 Å². The Balaban J connectivity index is 1.59. The summed E-state index contributed by atoms with van der Waals surface area (Å²) in [6.45, 7) is 0.507. The number of urea groups is 1. The van der Waals surface area contributed by atoms with Gasteiger partial charge in [0.1, 0.15) is 12.1 Å². The van der Waals surface area contributed by atoms with E-state index in [1.165, 1.54) is 6.92 Å². The molecule has 31 heavy (non-hydrogen) atoms. The minimum absolute atomic E-state index is 0.138. The van der Waals surface area contributed by atoms with E-state index in [-0.39, 0.29) is 10.7 Å². The van der Waals surface area contributed by atoms with Crippen LogP contribution in [0.2, 0.25) is 5.02 Å². The summed E-state index contributed by atoms with van der Waals surface area (Å²) in [5.41, 5.74) is -2.31. The average Bonchev–Trinajstić information content (AvgIpc) is 3.23. The average molecular weight is 462 g/mol. The molecule has 0 bridgehead atoms. The van der Waals surface area contributed by atoms with Gasteiger partial charge in [-0.05, 0) is 38.0 Å². The Labute approximate surface area is 180 Å². The molecule has 1 saturated carbocycles. The van der Waals surface area contributed by atoms with Gasteiger partial charge in [-0.25, -0.2) is 4.79 Å². The molecule has 0 radical (unpaired) electrons. The third-order valence-electron chi connectivity index (χ3n) is 5.22. The smallest absolute Gasteiger partial charge is 0.416 e. The van der Waals surface area contributed by atoms with Crippen molar-refractivity contribution in [3.63, 3.8) is 0 Å². The van der Waals surface area contributed by atoms with Gasteiger partial charge in [-0.2, -0.15) is 13.2 Å². The van der Waals surface area contributed by atoms with Crippen molar-refractivity contribution in [3.8, 4) is 0 Å². The third-order valence-corrected chi connectivity index (χ3v) is 5.55. The lowest BCUT2D eigenvalue weighted by Crippen LogP contribution is -2.44. The van der Waals surface area contributed by atoms with Crippen LogP contribution in [0.1, 0.15) is 38.2 Å². The maximum absolute atomic E-state index is 12.8. The van der Waals surface area contributed by atoms with Crippen molar-refractivity contribution in [1.29, 1.82) is 0 Å². The predicted molar refractivity (Wildman–Crippen MR) is 102 cm³/mol. The van der Waals surface area contributed by atoms with Crippen molar-refractivity contribution in [1.82, 2.24) is 10.2 Å². The zero-order valence-corrected chi connectivity index (χ0v) is 17.1. The minimum Gasteiger partial charge on any atom is -0.451 e. The molecule has 1 spiro atoms. The number of alkyl halides is 3. The van der Waals surface area contributed by atoms with Gasteiger partial charge >= 0.3 is 18.2 Å². The highest BCUT2D eigenvalue weighted by Gasteiger charge is 2.52. The summed E-state index contributed by atoms with van der Waals surface area (Å²) < 4.78 is 43.5. The predicted octanol–water partition coefficient (Wildman–Crippen LogP) is 3.09. The highest BCUT2D eigenvalue weighted by molar-refractivity contribution is 6.33. The first-order valence-corrected chi connectivity index (χ1v) is 9.82. The van der Waals surface area contributed by atoms with Crippen LogP contribution in [0, 0.1) is 0 Å². The molecule has 8 nitrogen and oxygen atoms in total. The first-order chi connectivity index (χ1) is 14.4. The normalized spacial score (nSPS) is 18.8. The van der Waals surface area contributed by atoms with Gasteiger partial charge in [-0.3, -0.25) is 19.3 Å². The van der Waals surface area contributed by atoms with Crippen LogP contribution in [-0.4, -0.2) is 46.9 Å². The van der Waals surface area contributed by atoms with Crippen molar-refractivity contribution >= 4 is 41.1 Å². The number of nitrogens with zero attached hydrogens (tertiary/aromatic N) is 1. The molecule has 1 aliphatic heterocycles. The second-order valence-electron chi connectivity index (χ2n) is 7.42. The fourth-order valence-corrected chi connectivity index (χ4v) is 3.75. The molecule has 1 aliphatic carbocycles. The van der Waals surface area contributed by atoms with Crippen molar-refractivity contribution in [2.24, 2.45) is 0 Å². The molecular formula is C19H19ClF3N3O5. The summed E-state index contributed by atoms with van der Waals surface area (Å²) in [4.78, 5) is 49.8. The number of benzene rings is 1. The van der Waals surface area contributed by atoms with Crippen LogP contribution in [0.4, 0.5) is 23.7 Å². The molecule has 1 atom stereocenters. The summed E-state index contributed by atoms with van der Waals surface area (Å²) in [7, 11) is 0. The summed E-state index contributed by atoms with van der Waals surface area (Å²) in [5.74, 6) is -2.46. The minimum atomic E-state index is -4.64. The van der Waals surface area contributed by atoms with Gasteiger partial charge in [-0.1, -0.05) is 24.4 Å². The fourth-order valence-electron chi connectivity index (χ4n) is 3.59. The van der Waals surface area contributed by atoms with Crippen molar-refractivity contribution in [2.75, 3.05) is 11.9 Å². The Morgan fingerprint density at radius 1 is 1.29 bits per heavy atom. The van der Waals surface area contributed by atoms with Gasteiger partial charge in [0.05, 0.1) is 16.3 Å². The van der Waals surface area contributed by atoms with E-state index in [0.29, 0.717) is 18.9 Å². The van der Waals surface area contributed by atoms with Crippen LogP contribution in [0.5, 0.6) is 0 Å². The Hall–Kier alpha value is -2.82. The molecule has 1 aromatic carbocycles. The molecule has 2 aliphatic rings. The van der Waals surface area contributed by atoms with Crippen LogP contribution in [0.3, 0.4) is 0 Å². The van der Waals surface area contributed by atoms with E-state index in [1.54, 1.807) is 0 Å². The maximum atomic E-state index is 12.8. The quantitative estimate of drug-likeness (QED) is 0.518. The van der Waals surface area contributed by atoms with Gasteiger partial charge in [0.25, 0.3) is 11.8 Å². The van der Waals surface area contributed by atoms with Gasteiger partial charge < -0.3 is 15.4 Å². The summed E-state index contributed by atoms with van der Waals surface area (Å²) in [6, 6.07) is 1.68. The lowest BCUT2D eigenvalue weighted by molar-refractivity contribution is -0.155. The zero-order chi connectivity index (χ0) is 23.0.